The van der Waals surface area contributed by atoms with Gasteiger partial charge in [0, 0.05) is 18.6 Å². The average molecular weight is 382 g/mol. The normalized spacial score (nSPS) is 16.9. The minimum atomic E-state index is -0.874. The molecule has 0 saturated heterocycles. The van der Waals surface area contributed by atoms with Crippen molar-refractivity contribution >= 4 is 12.1 Å². The van der Waals surface area contributed by atoms with Gasteiger partial charge >= 0.3 is 0 Å². The van der Waals surface area contributed by atoms with Gasteiger partial charge in [0.15, 0.2) is 0 Å². The summed E-state index contributed by atoms with van der Waals surface area (Å²) in [5, 5.41) is 20.0. The topological polar surface area (TPSA) is 69.9 Å². The Kier molecular flexibility index (Phi) is 9.12. The molecule has 4 heteroatoms. The number of rotatable bonds is 8. The molecule has 0 heterocycles. The zero-order valence-corrected chi connectivity index (χ0v) is 19.3. The fourth-order valence-corrected chi connectivity index (χ4v) is 3.04. The highest BCUT2D eigenvalue weighted by Crippen LogP contribution is 2.40. The van der Waals surface area contributed by atoms with E-state index in [4.69, 9.17) is 0 Å². The lowest BCUT2D eigenvalue weighted by Crippen LogP contribution is -2.32. The third kappa shape index (κ3) is 10.2. The van der Waals surface area contributed by atoms with Crippen LogP contribution in [0.25, 0.3) is 0 Å². The van der Waals surface area contributed by atoms with E-state index in [0.29, 0.717) is 6.42 Å². The minimum Gasteiger partial charge on any atom is -0.396 e. The summed E-state index contributed by atoms with van der Waals surface area (Å²) in [5.41, 5.74) is -0.0904. The van der Waals surface area contributed by atoms with Crippen molar-refractivity contribution in [1.82, 2.24) is 0 Å². The van der Waals surface area contributed by atoms with Gasteiger partial charge in [0.1, 0.15) is 0 Å². The maximum absolute atomic E-state index is 12.2. The smallest absolute Gasteiger partial charge is 0.245 e. The monoisotopic (exact) mass is 381 g/mol. The van der Waals surface area contributed by atoms with Crippen molar-refractivity contribution in [2.24, 2.45) is 32.6 Å². The summed E-state index contributed by atoms with van der Waals surface area (Å²) in [6, 6.07) is 0. The number of carbonyl (C=O) groups is 1. The Morgan fingerprint density at radius 2 is 1.52 bits per heavy atom. The van der Waals surface area contributed by atoms with E-state index >= 15 is 0 Å². The lowest BCUT2D eigenvalue weighted by Gasteiger charge is -2.37. The summed E-state index contributed by atoms with van der Waals surface area (Å²) in [6.07, 6.45) is 5.53. The molecule has 0 aromatic rings. The average Bonchev–Trinajstić information content (AvgIpc) is 2.41. The third-order valence-electron chi connectivity index (χ3n) is 5.41. The van der Waals surface area contributed by atoms with Gasteiger partial charge in [-0.15, -0.1) is 0 Å². The van der Waals surface area contributed by atoms with E-state index < -0.39 is 12.0 Å². The number of hydrogen-bond donors (Lipinski definition) is 2. The van der Waals surface area contributed by atoms with Crippen molar-refractivity contribution in [3.8, 4) is 0 Å². The number of aliphatic hydroxyl groups excluding tert-OH is 2. The molecular formula is C23H43NO3. The Balaban J connectivity index is 5.00. The van der Waals surface area contributed by atoms with Crippen LogP contribution in [-0.2, 0) is 4.79 Å². The second-order valence-corrected chi connectivity index (χ2v) is 11.4. The van der Waals surface area contributed by atoms with Crippen LogP contribution in [0, 0.1) is 27.6 Å². The van der Waals surface area contributed by atoms with Crippen LogP contribution in [0.3, 0.4) is 0 Å². The van der Waals surface area contributed by atoms with Crippen molar-refractivity contribution in [2.45, 2.75) is 88.2 Å². The molecule has 0 aliphatic carbocycles. The molecule has 0 radical (unpaired) electrons. The first-order valence-corrected chi connectivity index (χ1v) is 9.95. The van der Waals surface area contributed by atoms with Crippen LogP contribution in [0.15, 0.2) is 17.1 Å². The first-order chi connectivity index (χ1) is 11.9. The highest BCUT2D eigenvalue weighted by molar-refractivity contribution is 5.86. The molecule has 0 unspecified atom stereocenters. The van der Waals surface area contributed by atoms with Gasteiger partial charge in [0.2, 0.25) is 5.91 Å². The molecule has 4 nitrogen and oxygen atoms in total. The second kappa shape index (κ2) is 9.47. The largest absolute Gasteiger partial charge is 0.396 e. The van der Waals surface area contributed by atoms with E-state index in [0.717, 1.165) is 6.42 Å². The first-order valence-electron chi connectivity index (χ1n) is 9.95. The van der Waals surface area contributed by atoms with Crippen molar-refractivity contribution in [3.05, 3.63) is 12.2 Å². The van der Waals surface area contributed by atoms with Gasteiger partial charge in [-0.3, -0.25) is 4.79 Å². The minimum absolute atomic E-state index is 0.0184. The van der Waals surface area contributed by atoms with Crippen molar-refractivity contribution in [2.75, 3.05) is 6.61 Å². The molecule has 158 valence electrons. The molecule has 27 heavy (non-hydrogen) atoms. The number of carbonyl (C=O) groups excluding carboxylic acids is 1. The summed E-state index contributed by atoms with van der Waals surface area (Å²) in [5.74, 6) is -0.814. The van der Waals surface area contributed by atoms with Crippen LogP contribution in [0.2, 0.25) is 0 Å². The van der Waals surface area contributed by atoms with Gasteiger partial charge in [-0.2, -0.15) is 0 Å². The Morgan fingerprint density at radius 3 is 1.93 bits per heavy atom. The van der Waals surface area contributed by atoms with Crippen LogP contribution in [0.4, 0.5) is 0 Å². The van der Waals surface area contributed by atoms with Gasteiger partial charge < -0.3 is 10.2 Å². The zero-order chi connectivity index (χ0) is 21.7. The van der Waals surface area contributed by atoms with Crippen LogP contribution in [0.5, 0.6) is 0 Å². The molecule has 0 aliphatic rings. The summed E-state index contributed by atoms with van der Waals surface area (Å²) in [7, 11) is 0. The summed E-state index contributed by atoms with van der Waals surface area (Å²) < 4.78 is 0. The molecule has 1 amide bonds. The Hall–Kier alpha value is -1.00. The van der Waals surface area contributed by atoms with Crippen LogP contribution >= 0.6 is 0 Å². The molecule has 2 N–H and O–H groups in total. The number of amides is 1. The fraction of sp³-hybridized carbons (Fsp3) is 0.826. The summed E-state index contributed by atoms with van der Waals surface area (Å²) in [6.45, 7) is 21.0. The van der Waals surface area contributed by atoms with Gasteiger partial charge in [0.05, 0.1) is 12.7 Å². The van der Waals surface area contributed by atoms with Crippen LogP contribution in [-0.4, -0.2) is 35.0 Å². The van der Waals surface area contributed by atoms with E-state index in [9.17, 15) is 15.0 Å². The highest BCUT2D eigenvalue weighted by atomic mass is 16.3. The molecule has 0 rings (SSSR count). The quantitative estimate of drug-likeness (QED) is 0.457. The number of nitrogens with zero attached hydrogens (tertiary/aromatic N) is 1. The van der Waals surface area contributed by atoms with E-state index in [2.05, 4.69) is 74.2 Å². The van der Waals surface area contributed by atoms with E-state index in [-0.39, 0.29) is 34.2 Å². The molecule has 0 bridgehead atoms. The SMILES string of the molecule is CC(C)(C)CC(C)(C)/C=C/[C@@H](O)[C@@H](C=NC(=O)CC(C)(C)C(C)(C)C)CO. The van der Waals surface area contributed by atoms with Crippen molar-refractivity contribution in [3.63, 3.8) is 0 Å². The lowest BCUT2D eigenvalue weighted by molar-refractivity contribution is -0.121. The fourth-order valence-electron chi connectivity index (χ4n) is 3.04. The maximum Gasteiger partial charge on any atom is 0.245 e. The van der Waals surface area contributed by atoms with Crippen LogP contribution in [0.1, 0.15) is 82.1 Å². The molecule has 0 aromatic heterocycles. The predicted molar refractivity (Wildman–Crippen MR) is 115 cm³/mol. The third-order valence-corrected chi connectivity index (χ3v) is 5.41. The van der Waals surface area contributed by atoms with E-state index in [1.807, 2.05) is 6.08 Å². The number of hydrogen-bond acceptors (Lipinski definition) is 3. The molecule has 0 aliphatic heterocycles. The number of aliphatic hydroxyl groups is 2. The Morgan fingerprint density at radius 1 is 1.00 bits per heavy atom. The van der Waals surface area contributed by atoms with Gasteiger partial charge in [0.25, 0.3) is 0 Å². The molecule has 2 atom stereocenters. The maximum atomic E-state index is 12.2. The van der Waals surface area contributed by atoms with E-state index in [1.165, 1.54) is 6.21 Å². The standard InChI is InChI=1S/C23H43NO3/c1-20(2,3)16-22(7,8)12-11-18(26)17(15-25)14-24-19(27)13-23(9,10)21(4,5)6/h11-12,14,17-18,25-26H,13,15-16H2,1-10H3/b12-11+,24-14?/t17-,18+/m0/s1. The molecule has 0 saturated carbocycles. The van der Waals surface area contributed by atoms with Crippen molar-refractivity contribution in [1.29, 1.82) is 0 Å². The first kappa shape index (κ1) is 26.0. The highest BCUT2D eigenvalue weighted by Gasteiger charge is 2.34. The van der Waals surface area contributed by atoms with E-state index in [1.54, 1.807) is 6.08 Å². The molecule has 0 aromatic carbocycles. The molecule has 0 spiro atoms. The van der Waals surface area contributed by atoms with Crippen LogP contribution < -0.4 is 0 Å². The van der Waals surface area contributed by atoms with Gasteiger partial charge in [-0.25, -0.2) is 4.99 Å². The van der Waals surface area contributed by atoms with Gasteiger partial charge in [-0.05, 0) is 28.1 Å². The summed E-state index contributed by atoms with van der Waals surface area (Å²) in [4.78, 5) is 16.2. The Bertz CT molecular complexity index is 531. The zero-order valence-electron chi connectivity index (χ0n) is 19.3. The number of allylic oxidation sites excluding steroid dienone is 1. The second-order valence-electron chi connectivity index (χ2n) is 11.4. The molecular weight excluding hydrogens is 338 g/mol. The molecule has 0 fully saturated rings. The lowest BCUT2D eigenvalue weighted by atomic mass is 9.67. The van der Waals surface area contributed by atoms with Gasteiger partial charge in [-0.1, -0.05) is 81.4 Å². The predicted octanol–water partition coefficient (Wildman–Crippen LogP) is 5.03. The van der Waals surface area contributed by atoms with Crippen molar-refractivity contribution < 1.29 is 15.0 Å². The summed E-state index contributed by atoms with van der Waals surface area (Å²) >= 11 is 0. The Labute approximate surface area is 167 Å². The number of aliphatic imine (C=N–C) groups is 1.